The minimum absolute atomic E-state index is 0.0530. The Balaban J connectivity index is 0.934. The minimum atomic E-state index is -0.728. The van der Waals surface area contributed by atoms with Crippen LogP contribution in [0, 0.1) is 56.7 Å². The summed E-state index contributed by atoms with van der Waals surface area (Å²) < 4.78 is 14.1. The zero-order valence-electron chi connectivity index (χ0n) is 40.6. The van der Waals surface area contributed by atoms with Crippen LogP contribution in [0.1, 0.15) is 145 Å². The van der Waals surface area contributed by atoms with Gasteiger partial charge in [-0.2, -0.15) is 5.10 Å². The molecule has 2 heterocycles. The first kappa shape index (κ1) is 45.0. The number of hydrogen-bond donors (Lipinski definition) is 1. The van der Waals surface area contributed by atoms with Crippen molar-refractivity contribution in [3.8, 4) is 17.1 Å². The lowest BCUT2D eigenvalue weighted by molar-refractivity contribution is -0.221. The molecular formula is C56H82N4O3. The molecule has 344 valence electrons. The molecule has 1 N–H and O–H groups in total. The molecule has 1 aromatic carbocycles. The summed E-state index contributed by atoms with van der Waals surface area (Å²) in [4.78, 5) is 16.6. The van der Waals surface area contributed by atoms with Crippen LogP contribution in [0.4, 0.5) is 0 Å². The number of carbonyl (C=O) groups is 1. The molecule has 0 radical (unpaired) electrons. The van der Waals surface area contributed by atoms with Gasteiger partial charge in [-0.3, -0.25) is 4.79 Å². The lowest BCUT2D eigenvalue weighted by Crippen LogP contribution is -2.68. The quantitative estimate of drug-likeness (QED) is 0.169. The van der Waals surface area contributed by atoms with Crippen molar-refractivity contribution in [2.45, 2.75) is 150 Å². The second kappa shape index (κ2) is 16.9. The number of benzene rings is 1. The summed E-state index contributed by atoms with van der Waals surface area (Å²) in [5.74, 6) is 3.96. The van der Waals surface area contributed by atoms with Crippen molar-refractivity contribution < 1.29 is 14.3 Å². The maximum atomic E-state index is 13.8. The predicted molar refractivity (Wildman–Crippen MR) is 256 cm³/mol. The molecule has 7 aliphatic rings. The van der Waals surface area contributed by atoms with Crippen molar-refractivity contribution >= 4 is 5.97 Å². The number of aryl methyl sites for hydroxylation is 1. The Hall–Kier alpha value is -3.16. The molecule has 0 spiro atoms. The molecular weight excluding hydrogens is 777 g/mol. The normalized spacial score (nSPS) is 38.6. The van der Waals surface area contributed by atoms with E-state index in [4.69, 9.17) is 14.6 Å². The van der Waals surface area contributed by atoms with Crippen LogP contribution >= 0.6 is 0 Å². The van der Waals surface area contributed by atoms with Crippen molar-refractivity contribution in [3.63, 3.8) is 0 Å². The van der Waals surface area contributed by atoms with Gasteiger partial charge in [0.1, 0.15) is 12.0 Å². The molecule has 5 fully saturated rings. The maximum Gasteiger partial charge on any atom is 0.315 e. The molecule has 10 atom stereocenters. The number of nitrogens with zero attached hydrogens (tertiary/aromatic N) is 3. The van der Waals surface area contributed by atoms with Crippen LogP contribution in [0.2, 0.25) is 0 Å². The van der Waals surface area contributed by atoms with Crippen molar-refractivity contribution in [1.29, 1.82) is 0 Å². The number of piperidine rings is 1. The van der Waals surface area contributed by atoms with Gasteiger partial charge in [-0.15, -0.1) is 0 Å². The van der Waals surface area contributed by atoms with Gasteiger partial charge in [-0.25, -0.2) is 4.68 Å². The predicted octanol–water partition coefficient (Wildman–Crippen LogP) is 12.1. The minimum Gasteiger partial charge on any atom is -0.477 e. The zero-order chi connectivity index (χ0) is 44.4. The van der Waals surface area contributed by atoms with Crippen LogP contribution in [-0.2, 0) is 16.6 Å². The van der Waals surface area contributed by atoms with E-state index in [9.17, 15) is 4.79 Å². The van der Waals surface area contributed by atoms with Crippen LogP contribution in [0.25, 0.3) is 11.3 Å². The largest absolute Gasteiger partial charge is 0.477 e. The summed E-state index contributed by atoms with van der Waals surface area (Å²) in [6.07, 6.45) is 23.3. The lowest BCUT2D eigenvalue weighted by atomic mass is 9.33. The van der Waals surface area contributed by atoms with E-state index in [0.717, 1.165) is 48.9 Å². The number of carbonyl (C=O) groups excluding carboxylic acids is 1. The van der Waals surface area contributed by atoms with Crippen LogP contribution in [0.5, 0.6) is 5.88 Å². The number of hydrogen-bond acceptors (Lipinski definition) is 6. The molecule has 7 nitrogen and oxygen atoms in total. The highest BCUT2D eigenvalue weighted by Gasteiger charge is 2.70. The van der Waals surface area contributed by atoms with Gasteiger partial charge < -0.3 is 19.7 Å². The third kappa shape index (κ3) is 7.44. The lowest BCUT2D eigenvalue weighted by Gasteiger charge is -2.72. The topological polar surface area (TPSA) is 68.6 Å². The number of esters is 1. The summed E-state index contributed by atoms with van der Waals surface area (Å²) in [5, 5.41) is 9.10. The summed E-state index contributed by atoms with van der Waals surface area (Å²) >= 11 is 0. The number of likely N-dealkylation sites (tertiary alicyclic amines) is 1. The van der Waals surface area contributed by atoms with E-state index in [2.05, 4.69) is 82.6 Å². The Bertz CT molecular complexity index is 2080. The van der Waals surface area contributed by atoms with E-state index in [-0.39, 0.29) is 28.9 Å². The first-order chi connectivity index (χ1) is 30.1. The fourth-order valence-corrected chi connectivity index (χ4v) is 16.6. The second-order valence-corrected chi connectivity index (χ2v) is 23.3. The van der Waals surface area contributed by atoms with Gasteiger partial charge in [0.2, 0.25) is 5.88 Å². The zero-order valence-corrected chi connectivity index (χ0v) is 40.6. The van der Waals surface area contributed by atoms with Crippen LogP contribution in [0.15, 0.2) is 71.8 Å². The molecule has 63 heavy (non-hydrogen) atoms. The second-order valence-electron chi connectivity index (χ2n) is 23.3. The summed E-state index contributed by atoms with van der Waals surface area (Å²) in [6, 6.07) is 12.2. The van der Waals surface area contributed by atoms with Gasteiger partial charge in [0.15, 0.2) is 0 Å². The number of fused-ring (bicyclic) bond motifs is 7. The first-order valence-electron chi connectivity index (χ1n) is 25.5. The monoisotopic (exact) mass is 859 g/mol. The standard InChI is InChI=1S/C56H82N4O3/c1-10-62-50(61)55(38-63-48-37-45(58-59(48)9)41-17-13-11-14-18-41)28-21-40(22-29-55)43-24-26-52(6)46(51(43,4)5)25-27-54(8)47(52)20-19-44-49-42(39(2)3)23-30-56(49,32-31-53(44,54)7)57-33-36-60-34-15-12-16-35-60/h11,13-14,17-18,21,24,37,42,44,46-47,49,57H,2,10,12,15-16,19-20,22-23,25-36,38H2,1,3-9H3/t42-,44+,46-,47+,49+,52-,53+,54+,55?,56-/m0/s1. The molecule has 1 unspecified atom stereocenters. The molecule has 0 bridgehead atoms. The van der Waals surface area contributed by atoms with Gasteiger partial charge in [0.05, 0.1) is 12.3 Å². The SMILES string of the molecule is C=C(C)[C@@H]1CC[C@]2(NCCN3CCCCC3)CC[C@]3(C)[C@H](CC[C@@H]4[C@@]5(C)CC=C(C6=CCC(COc7cc(-c8ccccc8)nn7C)(C(=O)OCC)CC6)C(C)(C)[C@@H]5CC[C@]43C)[C@@H]12. The Morgan fingerprint density at radius 3 is 2.38 bits per heavy atom. The Morgan fingerprint density at radius 2 is 1.67 bits per heavy atom. The molecule has 0 amide bonds. The molecule has 1 saturated heterocycles. The number of rotatable bonds is 12. The van der Waals surface area contributed by atoms with E-state index in [1.807, 2.05) is 38.2 Å². The van der Waals surface area contributed by atoms with Crippen molar-refractivity contribution in [3.05, 3.63) is 71.8 Å². The number of ether oxygens (including phenoxy) is 2. The van der Waals surface area contributed by atoms with Crippen molar-refractivity contribution in [2.75, 3.05) is 39.4 Å². The van der Waals surface area contributed by atoms with E-state index in [1.54, 1.807) is 10.3 Å². The maximum absolute atomic E-state index is 13.8. The van der Waals surface area contributed by atoms with Crippen LogP contribution in [0.3, 0.4) is 0 Å². The summed E-state index contributed by atoms with van der Waals surface area (Å²) in [5.41, 5.74) is 6.85. The average molecular weight is 859 g/mol. The number of aromatic nitrogens is 2. The average Bonchev–Trinajstić information content (AvgIpc) is 3.85. The fourth-order valence-electron chi connectivity index (χ4n) is 16.6. The van der Waals surface area contributed by atoms with Gasteiger partial charge in [-0.1, -0.05) is 95.7 Å². The number of allylic oxidation sites excluding steroid dienone is 5. The summed E-state index contributed by atoms with van der Waals surface area (Å²) in [7, 11) is 1.91. The van der Waals surface area contributed by atoms with Crippen molar-refractivity contribution in [2.24, 2.45) is 63.7 Å². The Labute approximate surface area is 381 Å². The highest BCUT2D eigenvalue weighted by molar-refractivity contribution is 5.78. The third-order valence-corrected chi connectivity index (χ3v) is 20.1. The molecule has 6 aliphatic carbocycles. The third-order valence-electron chi connectivity index (χ3n) is 20.1. The van der Waals surface area contributed by atoms with E-state index in [0.29, 0.717) is 47.5 Å². The first-order valence-corrected chi connectivity index (χ1v) is 25.5. The molecule has 7 heteroatoms. The van der Waals surface area contributed by atoms with E-state index in [1.165, 1.54) is 101 Å². The van der Waals surface area contributed by atoms with Gasteiger partial charge in [0.25, 0.3) is 0 Å². The summed E-state index contributed by atoms with van der Waals surface area (Å²) in [6.45, 7) is 27.9. The van der Waals surface area contributed by atoms with Gasteiger partial charge in [-0.05, 0) is 179 Å². The fraction of sp³-hybridized carbons (Fsp3) is 0.714. The highest BCUT2D eigenvalue weighted by Crippen LogP contribution is 2.76. The van der Waals surface area contributed by atoms with Crippen LogP contribution < -0.4 is 10.1 Å². The smallest absolute Gasteiger partial charge is 0.315 e. The van der Waals surface area contributed by atoms with Crippen molar-refractivity contribution in [1.82, 2.24) is 20.0 Å². The molecule has 1 aromatic heterocycles. The Kier molecular flexibility index (Phi) is 12.1. The van der Waals surface area contributed by atoms with Gasteiger partial charge >= 0.3 is 5.97 Å². The number of nitrogens with one attached hydrogen (secondary N) is 1. The van der Waals surface area contributed by atoms with Crippen LogP contribution in [-0.4, -0.2) is 65.6 Å². The van der Waals surface area contributed by atoms with E-state index >= 15 is 0 Å². The van der Waals surface area contributed by atoms with Gasteiger partial charge in [0, 0.05) is 37.3 Å². The molecule has 9 rings (SSSR count). The Morgan fingerprint density at radius 1 is 0.889 bits per heavy atom. The van der Waals surface area contributed by atoms with E-state index < -0.39 is 5.41 Å². The highest BCUT2D eigenvalue weighted by atomic mass is 16.5. The molecule has 2 aromatic rings. The molecule has 1 aliphatic heterocycles. The molecule has 4 saturated carbocycles.